The molecule has 11 rings (SSSR count). The van der Waals surface area contributed by atoms with Crippen molar-refractivity contribution in [1.82, 2.24) is 19.5 Å². The third kappa shape index (κ3) is 5.62. The second kappa shape index (κ2) is 13.5. The van der Waals surface area contributed by atoms with Gasteiger partial charge >= 0.3 is 0 Å². The molecule has 0 bridgehead atoms. The zero-order valence-corrected chi connectivity index (χ0v) is 30.7. The molecule has 11 aromatic rings. The number of anilines is 3. The highest BCUT2D eigenvalue weighted by atomic mass is 16.3. The van der Waals surface area contributed by atoms with Crippen LogP contribution in [0.1, 0.15) is 0 Å². The monoisotopic (exact) mass is 731 g/mol. The summed E-state index contributed by atoms with van der Waals surface area (Å²) in [6.45, 7) is 0. The van der Waals surface area contributed by atoms with Gasteiger partial charge in [-0.2, -0.15) is 0 Å². The number of fused-ring (bicyclic) bond motifs is 6. The van der Waals surface area contributed by atoms with Crippen LogP contribution in [0.15, 0.2) is 205 Å². The summed E-state index contributed by atoms with van der Waals surface area (Å²) in [5.41, 5.74) is 10.7. The van der Waals surface area contributed by atoms with Crippen LogP contribution in [-0.4, -0.2) is 19.5 Å². The maximum atomic E-state index is 6.64. The van der Waals surface area contributed by atoms with Crippen molar-refractivity contribution >= 4 is 60.8 Å². The summed E-state index contributed by atoms with van der Waals surface area (Å²) >= 11 is 0. The largest absolute Gasteiger partial charge is 0.456 e. The molecule has 268 valence electrons. The van der Waals surface area contributed by atoms with Gasteiger partial charge in [0.05, 0.1) is 11.0 Å². The molecule has 0 radical (unpaired) electrons. The lowest BCUT2D eigenvalue weighted by molar-refractivity contribution is 0.669. The molecule has 0 N–H and O–H groups in total. The van der Waals surface area contributed by atoms with Gasteiger partial charge in [0.25, 0.3) is 0 Å². The topological polar surface area (TPSA) is 60.0 Å². The molecule has 8 aromatic carbocycles. The van der Waals surface area contributed by atoms with E-state index in [-0.39, 0.29) is 0 Å². The Morgan fingerprint density at radius 2 is 0.982 bits per heavy atom. The van der Waals surface area contributed by atoms with Crippen LogP contribution in [0.5, 0.6) is 0 Å². The third-order valence-corrected chi connectivity index (χ3v) is 10.6. The van der Waals surface area contributed by atoms with E-state index in [2.05, 4.69) is 149 Å². The van der Waals surface area contributed by atoms with Gasteiger partial charge in [-0.3, -0.25) is 0 Å². The van der Waals surface area contributed by atoms with Crippen molar-refractivity contribution in [1.29, 1.82) is 0 Å². The highest BCUT2D eigenvalue weighted by Crippen LogP contribution is 2.41. The van der Waals surface area contributed by atoms with Gasteiger partial charge in [-0.15, -0.1) is 0 Å². The zero-order valence-electron chi connectivity index (χ0n) is 30.7. The van der Waals surface area contributed by atoms with Gasteiger partial charge in [-0.25, -0.2) is 15.0 Å². The summed E-state index contributed by atoms with van der Waals surface area (Å²) in [4.78, 5) is 17.8. The van der Waals surface area contributed by atoms with Crippen molar-refractivity contribution in [2.45, 2.75) is 0 Å². The SMILES string of the molecule is c1ccc(-c2nc(-c3ccc4c5ccccc5n(-c5ccccc5)c4c3)nc(-c3cccc4oc5cc(N(c6ccccc6)c6ccccc6)ccc5c34)n2)cc1. The first-order valence-electron chi connectivity index (χ1n) is 19.0. The van der Waals surface area contributed by atoms with Crippen molar-refractivity contribution < 1.29 is 4.42 Å². The second-order valence-corrected chi connectivity index (χ2v) is 14.1. The quantitative estimate of drug-likeness (QED) is 0.163. The Morgan fingerprint density at radius 1 is 0.386 bits per heavy atom. The van der Waals surface area contributed by atoms with Crippen LogP contribution in [0.3, 0.4) is 0 Å². The van der Waals surface area contributed by atoms with Crippen molar-refractivity contribution in [2.24, 2.45) is 0 Å². The van der Waals surface area contributed by atoms with Gasteiger partial charge in [-0.05, 0) is 66.7 Å². The van der Waals surface area contributed by atoms with E-state index in [0.717, 1.165) is 72.4 Å². The second-order valence-electron chi connectivity index (χ2n) is 14.1. The summed E-state index contributed by atoms with van der Waals surface area (Å²) in [5, 5.41) is 4.31. The first kappa shape index (κ1) is 32.6. The number of benzene rings is 8. The lowest BCUT2D eigenvalue weighted by Gasteiger charge is -2.25. The van der Waals surface area contributed by atoms with Gasteiger partial charge in [0.2, 0.25) is 0 Å². The minimum atomic E-state index is 0.579. The minimum Gasteiger partial charge on any atom is -0.456 e. The average molecular weight is 732 g/mol. The van der Waals surface area contributed by atoms with Crippen molar-refractivity contribution in [2.75, 3.05) is 4.90 Å². The van der Waals surface area contributed by atoms with Crippen LogP contribution in [0.25, 0.3) is 83.6 Å². The first-order chi connectivity index (χ1) is 28.3. The number of nitrogens with zero attached hydrogens (tertiary/aromatic N) is 5. The number of furan rings is 1. The van der Waals surface area contributed by atoms with E-state index < -0.39 is 0 Å². The number of hydrogen-bond donors (Lipinski definition) is 0. The molecular weight excluding hydrogens is 699 g/mol. The van der Waals surface area contributed by atoms with E-state index in [1.807, 2.05) is 60.7 Å². The molecule has 3 heterocycles. The Balaban J connectivity index is 1.10. The molecule has 0 spiro atoms. The number of hydrogen-bond acceptors (Lipinski definition) is 5. The van der Waals surface area contributed by atoms with E-state index in [1.165, 1.54) is 10.8 Å². The van der Waals surface area contributed by atoms with Crippen LogP contribution < -0.4 is 4.90 Å². The van der Waals surface area contributed by atoms with Crippen molar-refractivity contribution in [3.63, 3.8) is 0 Å². The maximum Gasteiger partial charge on any atom is 0.164 e. The van der Waals surface area contributed by atoms with Gasteiger partial charge in [-0.1, -0.05) is 127 Å². The molecule has 0 aliphatic heterocycles. The fraction of sp³-hybridized carbons (Fsp3) is 0. The smallest absolute Gasteiger partial charge is 0.164 e. The van der Waals surface area contributed by atoms with Gasteiger partial charge in [0.15, 0.2) is 17.5 Å². The van der Waals surface area contributed by atoms with Crippen LogP contribution in [0, 0.1) is 0 Å². The van der Waals surface area contributed by atoms with E-state index in [0.29, 0.717) is 17.5 Å². The maximum absolute atomic E-state index is 6.64. The number of rotatable bonds is 7. The first-order valence-corrected chi connectivity index (χ1v) is 19.0. The molecule has 0 unspecified atom stereocenters. The molecule has 6 nitrogen and oxygen atoms in total. The number of aromatic nitrogens is 4. The number of para-hydroxylation sites is 4. The van der Waals surface area contributed by atoms with Crippen LogP contribution in [0.4, 0.5) is 17.1 Å². The van der Waals surface area contributed by atoms with Gasteiger partial charge < -0.3 is 13.9 Å². The van der Waals surface area contributed by atoms with Crippen LogP contribution >= 0.6 is 0 Å². The lowest BCUT2D eigenvalue weighted by Crippen LogP contribution is -2.09. The van der Waals surface area contributed by atoms with Gasteiger partial charge in [0.1, 0.15) is 11.2 Å². The molecule has 0 amide bonds. The fourth-order valence-corrected chi connectivity index (χ4v) is 8.05. The standard InChI is InChI=1S/C51H33N5O/c1-5-16-34(17-6-1)49-52-50(35-28-30-41-40-24-13-14-26-44(40)56(45(41)32-35)38-22-11-4-12-23-38)54-51(53-49)43-25-15-27-46-48(43)42-31-29-39(33-47(42)57-46)55(36-18-7-2-8-19-36)37-20-9-3-10-21-37/h1-33H. The summed E-state index contributed by atoms with van der Waals surface area (Å²) in [5.74, 6) is 1.78. The lowest BCUT2D eigenvalue weighted by atomic mass is 10.0. The Morgan fingerprint density at radius 3 is 1.72 bits per heavy atom. The Bertz CT molecular complexity index is 3190. The molecule has 57 heavy (non-hydrogen) atoms. The highest BCUT2D eigenvalue weighted by molar-refractivity contribution is 6.13. The van der Waals surface area contributed by atoms with E-state index in [1.54, 1.807) is 0 Å². The summed E-state index contributed by atoms with van der Waals surface area (Å²) in [7, 11) is 0. The fourth-order valence-electron chi connectivity index (χ4n) is 8.05. The molecule has 3 aromatic heterocycles. The van der Waals surface area contributed by atoms with Crippen molar-refractivity contribution in [3.05, 3.63) is 200 Å². The zero-order chi connectivity index (χ0) is 37.7. The molecule has 0 aliphatic carbocycles. The van der Waals surface area contributed by atoms with E-state index in [4.69, 9.17) is 19.4 Å². The minimum absolute atomic E-state index is 0.579. The molecular formula is C51H33N5O. The normalized spacial score (nSPS) is 11.5. The van der Waals surface area contributed by atoms with Crippen LogP contribution in [0.2, 0.25) is 0 Å². The molecule has 0 aliphatic rings. The Labute approximate surface area is 328 Å². The van der Waals surface area contributed by atoms with Crippen LogP contribution in [-0.2, 0) is 0 Å². The van der Waals surface area contributed by atoms with E-state index >= 15 is 0 Å². The molecule has 0 atom stereocenters. The molecule has 0 saturated carbocycles. The predicted octanol–water partition coefficient (Wildman–Crippen LogP) is 13.3. The van der Waals surface area contributed by atoms with Gasteiger partial charge in [0, 0.05) is 67.1 Å². The van der Waals surface area contributed by atoms with E-state index in [9.17, 15) is 0 Å². The summed E-state index contributed by atoms with van der Waals surface area (Å²) in [6.07, 6.45) is 0. The highest BCUT2D eigenvalue weighted by Gasteiger charge is 2.21. The molecule has 0 saturated heterocycles. The predicted molar refractivity (Wildman–Crippen MR) is 232 cm³/mol. The Hall–Kier alpha value is -7.83. The summed E-state index contributed by atoms with van der Waals surface area (Å²) in [6, 6.07) is 69.0. The molecule has 6 heteroatoms. The van der Waals surface area contributed by atoms with Crippen molar-refractivity contribution in [3.8, 4) is 39.9 Å². The average Bonchev–Trinajstić information content (AvgIpc) is 3.83. The molecule has 0 fully saturated rings. The third-order valence-electron chi connectivity index (χ3n) is 10.6. The Kier molecular flexibility index (Phi) is 7.71. The summed E-state index contributed by atoms with van der Waals surface area (Å²) < 4.78 is 8.96.